The van der Waals surface area contributed by atoms with Gasteiger partial charge >= 0.3 is 0 Å². The molecule has 0 saturated heterocycles. The minimum absolute atomic E-state index is 0.368. The van der Waals surface area contributed by atoms with E-state index in [1.54, 1.807) is 0 Å². The van der Waals surface area contributed by atoms with Crippen LogP contribution in [-0.2, 0) is 12.3 Å². The summed E-state index contributed by atoms with van der Waals surface area (Å²) in [5, 5.41) is 10.2. The first kappa shape index (κ1) is 16.6. The van der Waals surface area contributed by atoms with E-state index in [0.29, 0.717) is 17.4 Å². The Morgan fingerprint density at radius 1 is 1.33 bits per heavy atom. The van der Waals surface area contributed by atoms with E-state index in [1.807, 2.05) is 18.2 Å². The van der Waals surface area contributed by atoms with Crippen molar-refractivity contribution in [1.29, 1.82) is 0 Å². The first-order valence-corrected chi connectivity index (χ1v) is 8.92. The molecule has 24 heavy (non-hydrogen) atoms. The number of fused-ring (bicyclic) bond motifs is 1. The van der Waals surface area contributed by atoms with Gasteiger partial charge in [-0.05, 0) is 24.5 Å². The lowest BCUT2D eigenvalue weighted by atomic mass is 10.1. The fourth-order valence-electron chi connectivity index (χ4n) is 2.42. The van der Waals surface area contributed by atoms with Crippen LogP contribution in [0.2, 0.25) is 0 Å². The Balaban J connectivity index is 1.85. The Morgan fingerprint density at radius 3 is 2.88 bits per heavy atom. The zero-order valence-electron chi connectivity index (χ0n) is 13.7. The number of aromatic nitrogens is 2. The van der Waals surface area contributed by atoms with E-state index in [-0.39, 0.29) is 5.75 Å². The number of rotatable bonds is 6. The van der Waals surface area contributed by atoms with Crippen molar-refractivity contribution in [2.75, 3.05) is 0 Å². The Bertz CT molecular complexity index is 899. The highest BCUT2D eigenvalue weighted by atomic mass is 32.2. The van der Waals surface area contributed by atoms with Crippen molar-refractivity contribution in [2.45, 2.75) is 37.7 Å². The fraction of sp³-hybridized carbons (Fsp3) is 0.333. The minimum Gasteiger partial charge on any atom is -0.502 e. The van der Waals surface area contributed by atoms with Crippen LogP contribution in [0, 0.1) is 5.92 Å². The third-order valence-corrected chi connectivity index (χ3v) is 4.76. The van der Waals surface area contributed by atoms with E-state index in [2.05, 4.69) is 24.5 Å². The highest BCUT2D eigenvalue weighted by molar-refractivity contribution is 7.98. The molecule has 1 aromatic carbocycles. The second kappa shape index (κ2) is 7.13. The zero-order chi connectivity index (χ0) is 17.1. The number of aromatic hydroxyl groups is 1. The van der Waals surface area contributed by atoms with Crippen molar-refractivity contribution < 1.29 is 9.52 Å². The lowest BCUT2D eigenvalue weighted by Gasteiger charge is -2.10. The molecule has 5 nitrogen and oxygen atoms in total. The Labute approximate surface area is 144 Å². The Kier molecular flexibility index (Phi) is 4.94. The van der Waals surface area contributed by atoms with Crippen LogP contribution in [0.1, 0.15) is 26.0 Å². The van der Waals surface area contributed by atoms with Gasteiger partial charge in [-0.25, -0.2) is 4.98 Å². The van der Waals surface area contributed by atoms with Gasteiger partial charge in [-0.3, -0.25) is 4.79 Å². The average molecular weight is 344 g/mol. The highest BCUT2D eigenvalue weighted by Crippen LogP contribution is 2.27. The quantitative estimate of drug-likeness (QED) is 0.684. The summed E-state index contributed by atoms with van der Waals surface area (Å²) in [6.45, 7) is 5.31. The van der Waals surface area contributed by atoms with Crippen molar-refractivity contribution >= 4 is 22.8 Å². The number of nitrogens with zero attached hydrogens (tertiary/aromatic N) is 2. The summed E-state index contributed by atoms with van der Waals surface area (Å²) in [4.78, 5) is 16.2. The third kappa shape index (κ3) is 3.64. The SMILES string of the molecule is CC(C)CCn1c(SCc2cc(=O)c(O)co2)nc2ccccc21. The number of imidazole rings is 1. The molecule has 0 aliphatic heterocycles. The number of para-hydroxylation sites is 2. The molecule has 0 unspecified atom stereocenters. The lowest BCUT2D eigenvalue weighted by molar-refractivity contribution is 0.419. The second-order valence-corrected chi connectivity index (χ2v) is 7.04. The van der Waals surface area contributed by atoms with Gasteiger partial charge in [-0.15, -0.1) is 0 Å². The standard InChI is InChI=1S/C18H20N2O3S/c1-12(2)7-8-20-15-6-4-3-5-14(15)19-18(20)24-11-13-9-16(21)17(22)10-23-13/h3-6,9-10,12,22H,7-8,11H2,1-2H3. The molecule has 3 aromatic rings. The van der Waals surface area contributed by atoms with Crippen molar-refractivity contribution in [1.82, 2.24) is 9.55 Å². The summed E-state index contributed by atoms with van der Waals surface area (Å²) in [6, 6.07) is 9.40. The molecule has 6 heteroatoms. The molecule has 2 aromatic heterocycles. The number of aryl methyl sites for hydroxylation is 1. The van der Waals surface area contributed by atoms with Gasteiger partial charge in [0.1, 0.15) is 12.0 Å². The van der Waals surface area contributed by atoms with Gasteiger partial charge < -0.3 is 14.1 Å². The normalized spacial score (nSPS) is 11.5. The van der Waals surface area contributed by atoms with E-state index >= 15 is 0 Å². The Morgan fingerprint density at radius 2 is 2.12 bits per heavy atom. The van der Waals surface area contributed by atoms with E-state index < -0.39 is 5.43 Å². The van der Waals surface area contributed by atoms with Crippen LogP contribution < -0.4 is 5.43 Å². The minimum atomic E-state index is -0.426. The van der Waals surface area contributed by atoms with Crippen LogP contribution in [0.4, 0.5) is 0 Å². The van der Waals surface area contributed by atoms with Crippen molar-refractivity contribution in [3.8, 4) is 5.75 Å². The van der Waals surface area contributed by atoms with Gasteiger partial charge in [-0.1, -0.05) is 37.7 Å². The number of thioether (sulfide) groups is 1. The zero-order valence-corrected chi connectivity index (χ0v) is 14.5. The maximum absolute atomic E-state index is 11.5. The molecular weight excluding hydrogens is 324 g/mol. The van der Waals surface area contributed by atoms with Crippen molar-refractivity contribution in [3.05, 3.63) is 52.6 Å². The van der Waals surface area contributed by atoms with Gasteiger partial charge in [0.05, 0.1) is 16.8 Å². The smallest absolute Gasteiger partial charge is 0.226 e. The van der Waals surface area contributed by atoms with Crippen LogP contribution in [0.25, 0.3) is 11.0 Å². The molecule has 0 atom stereocenters. The van der Waals surface area contributed by atoms with Crippen LogP contribution in [-0.4, -0.2) is 14.7 Å². The van der Waals surface area contributed by atoms with Crippen molar-refractivity contribution in [3.63, 3.8) is 0 Å². The maximum Gasteiger partial charge on any atom is 0.226 e. The molecular formula is C18H20N2O3S. The predicted molar refractivity (Wildman–Crippen MR) is 95.4 cm³/mol. The third-order valence-electron chi connectivity index (χ3n) is 3.76. The molecule has 1 N–H and O–H groups in total. The Hall–Kier alpha value is -2.21. The first-order chi connectivity index (χ1) is 11.5. The summed E-state index contributed by atoms with van der Waals surface area (Å²) in [5.74, 6) is 1.25. The second-order valence-electron chi connectivity index (χ2n) is 6.10. The van der Waals surface area contributed by atoms with Gasteiger partial charge in [0, 0.05) is 12.6 Å². The summed E-state index contributed by atoms with van der Waals surface area (Å²) < 4.78 is 7.49. The molecule has 0 bridgehead atoms. The summed E-state index contributed by atoms with van der Waals surface area (Å²) in [7, 11) is 0. The van der Waals surface area contributed by atoms with E-state index in [1.165, 1.54) is 17.8 Å². The van der Waals surface area contributed by atoms with Crippen molar-refractivity contribution in [2.24, 2.45) is 5.92 Å². The number of hydrogen-bond acceptors (Lipinski definition) is 5. The number of hydrogen-bond donors (Lipinski definition) is 1. The van der Waals surface area contributed by atoms with E-state index in [9.17, 15) is 9.90 Å². The molecule has 126 valence electrons. The first-order valence-electron chi connectivity index (χ1n) is 7.93. The average Bonchev–Trinajstić information content (AvgIpc) is 2.91. The molecule has 0 aliphatic rings. The van der Waals surface area contributed by atoms with Gasteiger partial charge in [-0.2, -0.15) is 0 Å². The van der Waals surface area contributed by atoms with Gasteiger partial charge in [0.25, 0.3) is 0 Å². The van der Waals surface area contributed by atoms with Gasteiger partial charge in [0.15, 0.2) is 10.9 Å². The highest BCUT2D eigenvalue weighted by Gasteiger charge is 2.12. The topological polar surface area (TPSA) is 68.3 Å². The molecule has 2 heterocycles. The van der Waals surface area contributed by atoms with Crippen LogP contribution in [0.15, 0.2) is 51.0 Å². The van der Waals surface area contributed by atoms with Crippen LogP contribution in [0.5, 0.6) is 5.75 Å². The molecule has 0 saturated carbocycles. The summed E-state index contributed by atoms with van der Waals surface area (Å²) in [6.07, 6.45) is 2.15. The molecule has 3 rings (SSSR count). The maximum atomic E-state index is 11.5. The number of benzene rings is 1. The summed E-state index contributed by atoms with van der Waals surface area (Å²) in [5.41, 5.74) is 1.66. The van der Waals surface area contributed by atoms with Crippen LogP contribution >= 0.6 is 11.8 Å². The molecule has 0 amide bonds. The van der Waals surface area contributed by atoms with E-state index in [4.69, 9.17) is 9.40 Å². The molecule has 0 spiro atoms. The lowest BCUT2D eigenvalue weighted by Crippen LogP contribution is -2.03. The predicted octanol–water partition coefficient (Wildman–Crippen LogP) is 4.03. The van der Waals surface area contributed by atoms with E-state index in [0.717, 1.165) is 35.4 Å². The monoisotopic (exact) mass is 344 g/mol. The molecule has 0 aliphatic carbocycles. The molecule has 0 radical (unpaired) electrons. The van der Waals surface area contributed by atoms with Crippen LogP contribution in [0.3, 0.4) is 0 Å². The summed E-state index contributed by atoms with van der Waals surface area (Å²) >= 11 is 1.53. The largest absolute Gasteiger partial charge is 0.502 e. The van der Waals surface area contributed by atoms with Gasteiger partial charge in [0.2, 0.25) is 5.43 Å². The fourth-order valence-corrected chi connectivity index (χ4v) is 3.35. The molecule has 0 fully saturated rings.